The van der Waals surface area contributed by atoms with Gasteiger partial charge in [-0.3, -0.25) is 0 Å². The van der Waals surface area contributed by atoms with Crippen molar-refractivity contribution in [1.82, 2.24) is 9.97 Å². The molecule has 2 aromatic rings. The van der Waals surface area contributed by atoms with Gasteiger partial charge in [0.2, 0.25) is 0 Å². The first-order chi connectivity index (χ1) is 18.1. The van der Waals surface area contributed by atoms with Crippen molar-refractivity contribution in [3.63, 3.8) is 0 Å². The molecule has 0 bridgehead atoms. The van der Waals surface area contributed by atoms with Crippen LogP contribution in [-0.4, -0.2) is 28.9 Å². The summed E-state index contributed by atoms with van der Waals surface area (Å²) in [6, 6.07) is 8.48. The molecule has 2 atom stereocenters. The Balaban J connectivity index is 1.60. The fourth-order valence-corrected chi connectivity index (χ4v) is 4.61. The highest BCUT2D eigenvalue weighted by atomic mass is 19.1. The first kappa shape index (κ1) is 31.2. The van der Waals surface area contributed by atoms with Crippen LogP contribution >= 0.6 is 0 Å². The zero-order chi connectivity index (χ0) is 26.6. The SMILES string of the molecule is CCCCCCCCCCCCc1ccc(-c2ncc(OCCC(F)CC(F)CCCCC)cn2)cc1. The van der Waals surface area contributed by atoms with Gasteiger partial charge in [0.05, 0.1) is 19.0 Å². The van der Waals surface area contributed by atoms with Crippen LogP contribution in [0.3, 0.4) is 0 Å². The maximum Gasteiger partial charge on any atom is 0.159 e. The maximum absolute atomic E-state index is 14.0. The molecule has 2 unspecified atom stereocenters. The number of aryl methyl sites for hydroxylation is 1. The van der Waals surface area contributed by atoms with Crippen LogP contribution in [0, 0.1) is 0 Å². The van der Waals surface area contributed by atoms with Crippen molar-refractivity contribution in [3.05, 3.63) is 42.2 Å². The minimum atomic E-state index is -1.18. The summed E-state index contributed by atoms with van der Waals surface area (Å²) in [6.45, 7) is 4.54. The van der Waals surface area contributed by atoms with Crippen molar-refractivity contribution < 1.29 is 13.5 Å². The zero-order valence-corrected chi connectivity index (χ0v) is 23.4. The van der Waals surface area contributed by atoms with Crippen molar-refractivity contribution in [1.29, 1.82) is 0 Å². The molecule has 37 heavy (non-hydrogen) atoms. The van der Waals surface area contributed by atoms with Crippen LogP contribution in [0.2, 0.25) is 0 Å². The Bertz CT molecular complexity index is 797. The van der Waals surface area contributed by atoms with Crippen LogP contribution in [0.15, 0.2) is 36.7 Å². The molecule has 3 nitrogen and oxygen atoms in total. The van der Waals surface area contributed by atoms with Gasteiger partial charge in [-0.2, -0.15) is 0 Å². The molecule has 0 fully saturated rings. The minimum absolute atomic E-state index is 0.0439. The Kier molecular flexibility index (Phi) is 16.8. The fraction of sp³-hybridized carbons (Fsp3) is 0.688. The highest BCUT2D eigenvalue weighted by molar-refractivity contribution is 5.55. The van der Waals surface area contributed by atoms with Gasteiger partial charge in [-0.15, -0.1) is 0 Å². The van der Waals surface area contributed by atoms with Crippen LogP contribution in [0.4, 0.5) is 8.78 Å². The quantitative estimate of drug-likeness (QED) is 0.146. The smallest absolute Gasteiger partial charge is 0.159 e. The predicted molar refractivity (Wildman–Crippen MR) is 152 cm³/mol. The largest absolute Gasteiger partial charge is 0.490 e. The summed E-state index contributed by atoms with van der Waals surface area (Å²) in [5.74, 6) is 1.15. The summed E-state index contributed by atoms with van der Waals surface area (Å²) in [7, 11) is 0. The summed E-state index contributed by atoms with van der Waals surface area (Å²) in [4.78, 5) is 8.81. The molecule has 0 amide bonds. The molecule has 0 N–H and O–H groups in total. The Morgan fingerprint density at radius 1 is 0.676 bits per heavy atom. The molecule has 1 aromatic heterocycles. The molecular formula is C32H50F2N2O. The standard InChI is InChI=1S/C32H50F2N2O/c1-3-5-7-8-9-10-11-12-13-15-16-27-18-20-28(21-19-27)32-35-25-31(26-36-32)37-23-22-30(34)24-29(33)17-14-6-4-2/h18-21,25-26,29-30H,3-17,22-24H2,1-2H3. The second kappa shape index (κ2) is 20.0. The third-order valence-electron chi connectivity index (χ3n) is 6.99. The fourth-order valence-electron chi connectivity index (χ4n) is 4.61. The Morgan fingerprint density at radius 3 is 1.84 bits per heavy atom. The Hall–Kier alpha value is -2.04. The van der Waals surface area contributed by atoms with Gasteiger partial charge in [0.1, 0.15) is 12.3 Å². The lowest BCUT2D eigenvalue weighted by molar-refractivity contribution is 0.174. The molecule has 0 spiro atoms. The van der Waals surface area contributed by atoms with Crippen LogP contribution in [0.5, 0.6) is 5.75 Å². The van der Waals surface area contributed by atoms with Gasteiger partial charge in [-0.1, -0.05) is 115 Å². The number of aromatic nitrogens is 2. The summed E-state index contributed by atoms with van der Waals surface area (Å²) in [5, 5.41) is 0. The number of hydrogen-bond donors (Lipinski definition) is 0. The maximum atomic E-state index is 14.0. The molecule has 0 aliphatic carbocycles. The number of halogens is 2. The van der Waals surface area contributed by atoms with Gasteiger partial charge in [-0.05, 0) is 24.8 Å². The van der Waals surface area contributed by atoms with Crippen molar-refractivity contribution >= 4 is 0 Å². The summed E-state index contributed by atoms with van der Waals surface area (Å²) in [5.41, 5.74) is 2.32. The molecule has 1 aromatic carbocycles. The van der Waals surface area contributed by atoms with E-state index in [9.17, 15) is 8.78 Å². The molecule has 0 saturated carbocycles. The normalized spacial score (nSPS) is 13.0. The van der Waals surface area contributed by atoms with Crippen LogP contribution < -0.4 is 4.74 Å². The summed E-state index contributed by atoms with van der Waals surface area (Å²) < 4.78 is 33.4. The first-order valence-electron chi connectivity index (χ1n) is 14.9. The van der Waals surface area contributed by atoms with E-state index in [0.717, 1.165) is 31.2 Å². The number of unbranched alkanes of at least 4 members (excludes halogenated alkanes) is 11. The van der Waals surface area contributed by atoms with E-state index in [1.54, 1.807) is 12.4 Å². The highest BCUT2D eigenvalue weighted by Crippen LogP contribution is 2.20. The second-order valence-electron chi connectivity index (χ2n) is 10.4. The Morgan fingerprint density at radius 2 is 1.22 bits per heavy atom. The number of alkyl halides is 2. The summed E-state index contributed by atoms with van der Waals surface area (Å²) in [6.07, 6.45) is 19.1. The molecule has 0 radical (unpaired) electrons. The van der Waals surface area contributed by atoms with Gasteiger partial charge in [0, 0.05) is 18.4 Å². The molecule has 2 rings (SSSR count). The van der Waals surface area contributed by atoms with Crippen molar-refractivity contribution in [2.75, 3.05) is 6.61 Å². The molecule has 208 valence electrons. The third kappa shape index (κ3) is 14.5. The molecule has 0 aliphatic heterocycles. The Labute approximate surface area is 224 Å². The number of rotatable bonds is 22. The lowest BCUT2D eigenvalue weighted by atomic mass is 10.0. The summed E-state index contributed by atoms with van der Waals surface area (Å²) >= 11 is 0. The van der Waals surface area contributed by atoms with E-state index < -0.39 is 12.3 Å². The lowest BCUT2D eigenvalue weighted by Gasteiger charge is -2.12. The van der Waals surface area contributed by atoms with Crippen LogP contribution in [0.1, 0.15) is 122 Å². The van der Waals surface area contributed by atoms with Crippen LogP contribution in [-0.2, 0) is 6.42 Å². The molecule has 1 heterocycles. The van der Waals surface area contributed by atoms with Crippen molar-refractivity contribution in [2.24, 2.45) is 0 Å². The van der Waals surface area contributed by atoms with Gasteiger partial charge >= 0.3 is 0 Å². The molecule has 5 heteroatoms. The van der Waals surface area contributed by atoms with E-state index in [1.807, 2.05) is 0 Å². The first-order valence-corrected chi connectivity index (χ1v) is 14.9. The molecule has 0 aliphatic rings. The van der Waals surface area contributed by atoms with E-state index in [-0.39, 0.29) is 19.4 Å². The highest BCUT2D eigenvalue weighted by Gasteiger charge is 2.15. The zero-order valence-electron chi connectivity index (χ0n) is 23.4. The number of nitrogens with zero attached hydrogens (tertiary/aromatic N) is 2. The average Bonchev–Trinajstić information content (AvgIpc) is 2.91. The molecule has 0 saturated heterocycles. The number of hydrogen-bond acceptors (Lipinski definition) is 3. The second-order valence-corrected chi connectivity index (χ2v) is 10.4. The average molecular weight is 517 g/mol. The van der Waals surface area contributed by atoms with Gasteiger partial charge < -0.3 is 4.74 Å². The van der Waals surface area contributed by atoms with Crippen molar-refractivity contribution in [3.8, 4) is 17.1 Å². The van der Waals surface area contributed by atoms with E-state index in [4.69, 9.17) is 4.74 Å². The third-order valence-corrected chi connectivity index (χ3v) is 6.99. The molecular weight excluding hydrogens is 466 g/mol. The van der Waals surface area contributed by atoms with Gasteiger partial charge in [0.25, 0.3) is 0 Å². The lowest BCUT2D eigenvalue weighted by Crippen LogP contribution is -2.14. The number of ether oxygens (including phenoxy) is 1. The van der Waals surface area contributed by atoms with E-state index in [2.05, 4.69) is 48.1 Å². The topological polar surface area (TPSA) is 35.0 Å². The monoisotopic (exact) mass is 516 g/mol. The van der Waals surface area contributed by atoms with Crippen molar-refractivity contribution in [2.45, 2.75) is 135 Å². The van der Waals surface area contributed by atoms with E-state index in [1.165, 1.54) is 69.8 Å². The van der Waals surface area contributed by atoms with E-state index >= 15 is 0 Å². The predicted octanol–water partition coefficient (Wildman–Crippen LogP) is 10.0. The van der Waals surface area contributed by atoms with Crippen LogP contribution in [0.25, 0.3) is 11.4 Å². The number of benzene rings is 1. The van der Waals surface area contributed by atoms with Gasteiger partial charge in [0.15, 0.2) is 11.6 Å². The van der Waals surface area contributed by atoms with E-state index in [0.29, 0.717) is 18.0 Å². The minimum Gasteiger partial charge on any atom is -0.490 e. The van der Waals surface area contributed by atoms with Gasteiger partial charge in [-0.25, -0.2) is 18.7 Å².